The molecule has 9 nitrogen and oxygen atoms in total. The summed E-state index contributed by atoms with van der Waals surface area (Å²) < 4.78 is 18.7. The lowest BCUT2D eigenvalue weighted by Gasteiger charge is -2.32. The second kappa shape index (κ2) is 9.98. The molecule has 0 N–H and O–H groups in total. The highest BCUT2D eigenvalue weighted by Crippen LogP contribution is 2.25. The van der Waals surface area contributed by atoms with Crippen LogP contribution in [0.25, 0.3) is 0 Å². The zero-order chi connectivity index (χ0) is 19.9. The molecule has 9 heteroatoms. The number of piperidine rings is 1. The number of imidazole rings is 1. The summed E-state index contributed by atoms with van der Waals surface area (Å²) in [5.74, 6) is 1.95. The van der Waals surface area contributed by atoms with Crippen molar-refractivity contribution in [3.63, 3.8) is 0 Å². The van der Waals surface area contributed by atoms with Crippen molar-refractivity contribution in [3.8, 4) is 0 Å². The first-order valence-corrected chi connectivity index (χ1v) is 10.5. The number of likely N-dealkylation sites (tertiary alicyclic amines) is 1. The van der Waals surface area contributed by atoms with E-state index in [4.69, 9.17) is 14.0 Å². The number of aromatic nitrogens is 4. The molecule has 0 radical (unpaired) electrons. The van der Waals surface area contributed by atoms with Gasteiger partial charge < -0.3 is 23.5 Å². The summed E-state index contributed by atoms with van der Waals surface area (Å²) in [6, 6.07) is 0. The molecule has 1 amide bonds. The van der Waals surface area contributed by atoms with E-state index in [1.54, 1.807) is 12.5 Å². The summed E-state index contributed by atoms with van der Waals surface area (Å²) in [4.78, 5) is 22.8. The highest BCUT2D eigenvalue weighted by atomic mass is 16.5. The molecule has 0 aromatic carbocycles. The van der Waals surface area contributed by atoms with E-state index < -0.39 is 0 Å². The fourth-order valence-electron chi connectivity index (χ4n) is 3.87. The van der Waals surface area contributed by atoms with Crippen LogP contribution >= 0.6 is 0 Å². The number of aryl methyl sites for hydroxylation is 1. The Balaban J connectivity index is 1.12. The van der Waals surface area contributed by atoms with Crippen LogP contribution in [0.15, 0.2) is 23.2 Å². The Kier molecular flexibility index (Phi) is 6.89. The van der Waals surface area contributed by atoms with Gasteiger partial charge in [0.15, 0.2) is 5.82 Å². The zero-order valence-corrected chi connectivity index (χ0v) is 16.7. The first-order valence-electron chi connectivity index (χ1n) is 10.5. The molecule has 0 aliphatic carbocycles. The van der Waals surface area contributed by atoms with E-state index in [9.17, 15) is 4.79 Å². The van der Waals surface area contributed by atoms with Crippen LogP contribution in [0.5, 0.6) is 0 Å². The molecule has 0 bridgehead atoms. The number of hydrogen-bond acceptors (Lipinski definition) is 7. The van der Waals surface area contributed by atoms with Gasteiger partial charge in [0.05, 0.1) is 19.0 Å². The summed E-state index contributed by atoms with van der Waals surface area (Å²) >= 11 is 0. The number of nitrogens with zero attached hydrogens (tertiary/aromatic N) is 5. The van der Waals surface area contributed by atoms with E-state index >= 15 is 0 Å². The zero-order valence-electron chi connectivity index (χ0n) is 16.7. The van der Waals surface area contributed by atoms with Gasteiger partial charge in [0.25, 0.3) is 0 Å². The van der Waals surface area contributed by atoms with Crippen LogP contribution < -0.4 is 0 Å². The lowest BCUT2D eigenvalue weighted by molar-refractivity contribution is -0.134. The number of carbonyl (C=O) groups is 1. The highest BCUT2D eigenvalue weighted by molar-refractivity contribution is 5.76. The maximum atomic E-state index is 12.3. The van der Waals surface area contributed by atoms with Gasteiger partial charge in [-0.3, -0.25) is 4.79 Å². The molecule has 29 heavy (non-hydrogen) atoms. The second-order valence-corrected chi connectivity index (χ2v) is 7.69. The maximum absolute atomic E-state index is 12.3. The molecular weight excluding hydrogens is 374 g/mol. The van der Waals surface area contributed by atoms with Crippen molar-refractivity contribution in [3.05, 3.63) is 30.4 Å². The highest BCUT2D eigenvalue weighted by Gasteiger charge is 2.24. The van der Waals surface area contributed by atoms with Crippen molar-refractivity contribution in [1.82, 2.24) is 24.6 Å². The van der Waals surface area contributed by atoms with Gasteiger partial charge in [-0.25, -0.2) is 4.98 Å². The molecule has 4 rings (SSSR count). The standard InChI is InChI=1S/C20H29N5O4/c26-19(3-8-24-11-7-21-15-24)25-9-1-17(2-10-25)28-14-6-18-22-20(29-23-18)16-4-12-27-13-5-16/h7,11,15-17H,1-6,8-10,12-14H2. The van der Waals surface area contributed by atoms with Gasteiger partial charge in [-0.05, 0) is 25.7 Å². The molecule has 2 aromatic rings. The third-order valence-electron chi connectivity index (χ3n) is 5.67. The molecule has 2 aliphatic heterocycles. The van der Waals surface area contributed by atoms with E-state index in [0.717, 1.165) is 57.9 Å². The average molecular weight is 403 g/mol. The van der Waals surface area contributed by atoms with Gasteiger partial charge in [0.2, 0.25) is 11.8 Å². The van der Waals surface area contributed by atoms with Crippen LogP contribution in [0.3, 0.4) is 0 Å². The molecule has 2 fully saturated rings. The van der Waals surface area contributed by atoms with Crippen LogP contribution in [-0.4, -0.2) is 69.5 Å². The topological polar surface area (TPSA) is 95.5 Å². The quantitative estimate of drug-likeness (QED) is 0.663. The Morgan fingerprint density at radius 2 is 2.03 bits per heavy atom. The van der Waals surface area contributed by atoms with Gasteiger partial charge in [-0.15, -0.1) is 0 Å². The summed E-state index contributed by atoms with van der Waals surface area (Å²) in [7, 11) is 0. The Morgan fingerprint density at radius 3 is 2.79 bits per heavy atom. The van der Waals surface area contributed by atoms with Crippen molar-refractivity contribution in [2.24, 2.45) is 0 Å². The van der Waals surface area contributed by atoms with Gasteiger partial charge in [-0.2, -0.15) is 4.98 Å². The van der Waals surface area contributed by atoms with Crippen LogP contribution in [-0.2, 0) is 27.2 Å². The molecule has 2 aromatic heterocycles. The molecule has 0 saturated carbocycles. The third-order valence-corrected chi connectivity index (χ3v) is 5.67. The smallest absolute Gasteiger partial charge is 0.229 e. The summed E-state index contributed by atoms with van der Waals surface area (Å²) in [6.45, 7) is 4.28. The number of hydrogen-bond donors (Lipinski definition) is 0. The van der Waals surface area contributed by atoms with Crippen molar-refractivity contribution in [2.75, 3.05) is 32.9 Å². The summed E-state index contributed by atoms with van der Waals surface area (Å²) in [5, 5.41) is 4.08. The summed E-state index contributed by atoms with van der Waals surface area (Å²) in [6.07, 6.45) is 10.3. The predicted octanol–water partition coefficient (Wildman–Crippen LogP) is 1.80. The van der Waals surface area contributed by atoms with Crippen LogP contribution in [0.2, 0.25) is 0 Å². The average Bonchev–Trinajstić information content (AvgIpc) is 3.45. The van der Waals surface area contributed by atoms with Crippen LogP contribution in [0, 0.1) is 0 Å². The van der Waals surface area contributed by atoms with Crippen LogP contribution in [0.4, 0.5) is 0 Å². The Morgan fingerprint density at radius 1 is 1.21 bits per heavy atom. The normalized spacial score (nSPS) is 19.0. The molecule has 4 heterocycles. The van der Waals surface area contributed by atoms with E-state index in [-0.39, 0.29) is 12.0 Å². The van der Waals surface area contributed by atoms with E-state index in [2.05, 4.69) is 15.1 Å². The SMILES string of the molecule is O=C(CCn1ccnc1)N1CCC(OCCc2noc(C3CCOCC3)n2)CC1. The molecular formula is C20H29N5O4. The molecule has 0 unspecified atom stereocenters. The monoisotopic (exact) mass is 403 g/mol. The molecule has 0 spiro atoms. The first kappa shape index (κ1) is 20.0. The molecule has 158 valence electrons. The molecule has 2 aliphatic rings. The Hall–Kier alpha value is -2.26. The second-order valence-electron chi connectivity index (χ2n) is 7.69. The van der Waals surface area contributed by atoms with Crippen molar-refractivity contribution in [2.45, 2.75) is 57.1 Å². The number of rotatable bonds is 8. The van der Waals surface area contributed by atoms with Gasteiger partial charge >= 0.3 is 0 Å². The van der Waals surface area contributed by atoms with E-state index in [1.165, 1.54) is 0 Å². The number of amides is 1. The summed E-state index contributed by atoms with van der Waals surface area (Å²) in [5.41, 5.74) is 0. The van der Waals surface area contributed by atoms with Gasteiger partial charge in [0, 0.05) is 64.0 Å². The van der Waals surface area contributed by atoms with E-state index in [0.29, 0.717) is 37.7 Å². The van der Waals surface area contributed by atoms with Crippen molar-refractivity contribution >= 4 is 5.91 Å². The Bertz CT molecular complexity index is 749. The van der Waals surface area contributed by atoms with E-state index in [1.807, 2.05) is 15.7 Å². The lowest BCUT2D eigenvalue weighted by Crippen LogP contribution is -2.41. The molecule has 2 saturated heterocycles. The minimum atomic E-state index is 0.189. The van der Waals surface area contributed by atoms with Crippen LogP contribution in [0.1, 0.15) is 49.7 Å². The predicted molar refractivity (Wildman–Crippen MR) is 103 cm³/mol. The Labute approximate surface area is 170 Å². The van der Waals surface area contributed by atoms with Gasteiger partial charge in [0.1, 0.15) is 0 Å². The first-order chi connectivity index (χ1) is 14.3. The van der Waals surface area contributed by atoms with Crippen molar-refractivity contribution < 1.29 is 18.8 Å². The maximum Gasteiger partial charge on any atom is 0.229 e. The minimum Gasteiger partial charge on any atom is -0.381 e. The minimum absolute atomic E-state index is 0.189. The fourth-order valence-corrected chi connectivity index (χ4v) is 3.87. The lowest BCUT2D eigenvalue weighted by atomic mass is 10.0. The fraction of sp³-hybridized carbons (Fsp3) is 0.700. The number of ether oxygens (including phenoxy) is 2. The number of carbonyl (C=O) groups excluding carboxylic acids is 1. The van der Waals surface area contributed by atoms with Gasteiger partial charge in [-0.1, -0.05) is 5.16 Å². The third kappa shape index (κ3) is 5.63. The largest absolute Gasteiger partial charge is 0.381 e. The van der Waals surface area contributed by atoms with Crippen molar-refractivity contribution in [1.29, 1.82) is 0 Å². The molecule has 0 atom stereocenters.